The average molecular weight is 130 g/mol. The quantitative estimate of drug-likeness (QED) is 0.367. The first-order chi connectivity index (χ1) is 2.81. The molecule has 0 saturated heterocycles. The zero-order valence-electron chi connectivity index (χ0n) is 4.29. The second kappa shape index (κ2) is 7.52. The van der Waals surface area contributed by atoms with Crippen LogP contribution in [0.15, 0.2) is 0 Å². The van der Waals surface area contributed by atoms with E-state index in [-0.39, 0.29) is 51.4 Å². The minimum absolute atomic E-state index is 0. The Balaban J connectivity index is 0. The van der Waals surface area contributed by atoms with Crippen LogP contribution in [0.5, 0.6) is 0 Å². The van der Waals surface area contributed by atoms with E-state index in [4.69, 9.17) is 10.2 Å². The summed E-state index contributed by atoms with van der Waals surface area (Å²) in [6.07, 6.45) is -1.20. The number of rotatable bonds is 2. The predicted molar refractivity (Wildman–Crippen MR) is 18.0 cm³/mol. The molecular weight excluding hydrogens is 123 g/mol. The molecule has 0 fully saturated rings. The zero-order chi connectivity index (χ0) is 4.99. The Morgan fingerprint density at radius 2 is 1.57 bits per heavy atom. The molecule has 0 aromatic rings. The fourth-order valence-corrected chi connectivity index (χ4v) is 0.0577. The van der Waals surface area contributed by atoms with Crippen LogP contribution in [-0.4, -0.2) is 29.5 Å². The summed E-state index contributed by atoms with van der Waals surface area (Å²) in [5.74, 6) is 0. The van der Waals surface area contributed by atoms with Crippen molar-refractivity contribution >= 4 is 0 Å². The molecule has 0 spiro atoms. The molecule has 0 aliphatic carbocycles. The molecule has 0 aliphatic heterocycles. The molecule has 0 aromatic carbocycles. The summed E-state index contributed by atoms with van der Waals surface area (Å²) in [7, 11) is 0. The number of aliphatic hydroxyl groups is 2. The van der Waals surface area contributed by atoms with Crippen LogP contribution in [0.1, 0.15) is 0 Å². The molecule has 0 aromatic heterocycles. The maximum absolute atomic E-state index is 9.76. The summed E-state index contributed by atoms with van der Waals surface area (Å²) in [6, 6.07) is 0. The van der Waals surface area contributed by atoms with Crippen molar-refractivity contribution in [1.29, 1.82) is 0 Å². The van der Waals surface area contributed by atoms with Crippen molar-refractivity contribution in [2.24, 2.45) is 0 Å². The van der Waals surface area contributed by atoms with Gasteiger partial charge in [0.1, 0.15) is 0 Å². The van der Waals surface area contributed by atoms with Crippen LogP contribution in [-0.2, 0) is 0 Å². The normalized spacial score (nSPS) is 8.57. The van der Waals surface area contributed by atoms with Crippen LogP contribution >= 0.6 is 0 Å². The van der Waals surface area contributed by atoms with E-state index >= 15 is 0 Å². The zero-order valence-corrected chi connectivity index (χ0v) is 7.42. The van der Waals surface area contributed by atoms with Crippen molar-refractivity contribution in [2.75, 3.05) is 13.2 Å². The Kier molecular flexibility index (Phi) is 12.2. The van der Waals surface area contributed by atoms with E-state index in [0.29, 0.717) is 0 Å². The van der Waals surface area contributed by atoms with E-state index in [2.05, 4.69) is 0 Å². The van der Waals surface area contributed by atoms with Gasteiger partial charge in [-0.25, -0.2) is 0 Å². The summed E-state index contributed by atoms with van der Waals surface area (Å²) in [4.78, 5) is 0. The molecule has 2 N–H and O–H groups in total. The SMILES string of the molecule is [K+].[O-]C(CO)CO. The third-order valence-electron chi connectivity index (χ3n) is 0.407. The van der Waals surface area contributed by atoms with Gasteiger partial charge in [-0.05, 0) is 0 Å². The average Bonchev–Trinajstić information content (AvgIpc) is 1.65. The van der Waals surface area contributed by atoms with Crippen molar-refractivity contribution in [2.45, 2.75) is 6.10 Å². The molecule has 0 amide bonds. The maximum atomic E-state index is 9.76. The van der Waals surface area contributed by atoms with Crippen molar-refractivity contribution in [3.8, 4) is 0 Å². The summed E-state index contributed by atoms with van der Waals surface area (Å²) in [6.45, 7) is -0.951. The van der Waals surface area contributed by atoms with Crippen molar-refractivity contribution in [1.82, 2.24) is 0 Å². The van der Waals surface area contributed by atoms with Crippen LogP contribution in [0.2, 0.25) is 0 Å². The third-order valence-corrected chi connectivity index (χ3v) is 0.407. The number of hydrogen-bond acceptors (Lipinski definition) is 3. The van der Waals surface area contributed by atoms with Crippen LogP contribution < -0.4 is 56.5 Å². The summed E-state index contributed by atoms with van der Waals surface area (Å²) < 4.78 is 0. The summed E-state index contributed by atoms with van der Waals surface area (Å²) in [5, 5.41) is 25.5. The van der Waals surface area contributed by atoms with Gasteiger partial charge in [0.05, 0.1) is 0 Å². The first kappa shape index (κ1) is 11.3. The van der Waals surface area contributed by atoms with Crippen molar-refractivity contribution < 1.29 is 66.7 Å². The second-order valence-corrected chi connectivity index (χ2v) is 0.987. The molecule has 38 valence electrons. The van der Waals surface area contributed by atoms with Crippen LogP contribution in [0.3, 0.4) is 0 Å². The van der Waals surface area contributed by atoms with Gasteiger partial charge in [0.2, 0.25) is 0 Å². The summed E-state index contributed by atoms with van der Waals surface area (Å²) >= 11 is 0. The minimum atomic E-state index is -1.20. The smallest absolute Gasteiger partial charge is 0.849 e. The molecule has 0 rings (SSSR count). The van der Waals surface area contributed by atoms with Crippen molar-refractivity contribution in [3.63, 3.8) is 0 Å². The molecule has 0 radical (unpaired) electrons. The topological polar surface area (TPSA) is 63.5 Å². The van der Waals surface area contributed by atoms with Gasteiger partial charge in [-0.3, -0.25) is 0 Å². The first-order valence-corrected chi connectivity index (χ1v) is 1.68. The largest absolute Gasteiger partial charge is 1.00 e. The predicted octanol–water partition coefficient (Wildman–Crippen LogP) is -5.30. The van der Waals surface area contributed by atoms with Crippen LogP contribution in [0, 0.1) is 0 Å². The van der Waals surface area contributed by atoms with Gasteiger partial charge in [-0.2, -0.15) is 0 Å². The first-order valence-electron chi connectivity index (χ1n) is 1.68. The molecule has 0 bridgehead atoms. The molecule has 0 aliphatic rings. The Bertz CT molecular complexity index is 29.4. The molecule has 7 heavy (non-hydrogen) atoms. The fraction of sp³-hybridized carbons (Fsp3) is 1.00. The Morgan fingerprint density at radius 3 is 1.57 bits per heavy atom. The van der Waals surface area contributed by atoms with E-state index < -0.39 is 19.3 Å². The van der Waals surface area contributed by atoms with Gasteiger partial charge in [0.25, 0.3) is 0 Å². The number of hydrogen-bond donors (Lipinski definition) is 2. The molecule has 4 heteroatoms. The van der Waals surface area contributed by atoms with Gasteiger partial charge in [-0.15, -0.1) is 0 Å². The van der Waals surface area contributed by atoms with Crippen molar-refractivity contribution in [3.05, 3.63) is 0 Å². The molecule has 0 unspecified atom stereocenters. The minimum Gasteiger partial charge on any atom is -0.849 e. The van der Waals surface area contributed by atoms with Crippen LogP contribution in [0.4, 0.5) is 0 Å². The van der Waals surface area contributed by atoms with Gasteiger partial charge in [0.15, 0.2) is 0 Å². The molecule has 3 nitrogen and oxygen atoms in total. The Morgan fingerprint density at radius 1 is 1.29 bits per heavy atom. The third kappa shape index (κ3) is 7.52. The standard InChI is InChI=1S/C3H7O3.K/c4-1-3(6)2-5;/h3-5H,1-2H2;/q-1;+1. The van der Waals surface area contributed by atoms with E-state index in [1.54, 1.807) is 0 Å². The fourth-order valence-electron chi connectivity index (χ4n) is 0.0577. The van der Waals surface area contributed by atoms with E-state index in [9.17, 15) is 5.11 Å². The maximum Gasteiger partial charge on any atom is 1.00 e. The Labute approximate surface area is 84.8 Å². The van der Waals surface area contributed by atoms with Crippen LogP contribution in [0.25, 0.3) is 0 Å². The van der Waals surface area contributed by atoms with E-state index in [1.807, 2.05) is 0 Å². The molecule has 0 saturated carbocycles. The van der Waals surface area contributed by atoms with Gasteiger partial charge < -0.3 is 15.3 Å². The van der Waals surface area contributed by atoms with E-state index in [1.165, 1.54) is 0 Å². The number of aliphatic hydroxyl groups excluding tert-OH is 2. The summed E-state index contributed by atoms with van der Waals surface area (Å²) in [5.41, 5.74) is 0. The van der Waals surface area contributed by atoms with Gasteiger partial charge >= 0.3 is 51.4 Å². The van der Waals surface area contributed by atoms with Gasteiger partial charge in [0, 0.05) is 13.2 Å². The molecular formula is C3H7KO3. The monoisotopic (exact) mass is 130 g/mol. The van der Waals surface area contributed by atoms with E-state index in [0.717, 1.165) is 0 Å². The second-order valence-electron chi connectivity index (χ2n) is 0.987. The Hall–Kier alpha value is 1.52. The molecule has 0 heterocycles. The molecule has 0 atom stereocenters. The van der Waals surface area contributed by atoms with Gasteiger partial charge in [-0.1, -0.05) is 6.10 Å².